The van der Waals surface area contributed by atoms with Gasteiger partial charge in [0, 0.05) is 18.1 Å². The average Bonchev–Trinajstić information content (AvgIpc) is 2.59. The molecule has 0 radical (unpaired) electrons. The van der Waals surface area contributed by atoms with Gasteiger partial charge in [0.25, 0.3) is 0 Å². The molecule has 2 rings (SSSR count). The second kappa shape index (κ2) is 8.40. The highest BCUT2D eigenvalue weighted by molar-refractivity contribution is 5.87. The first-order chi connectivity index (χ1) is 11.5. The Kier molecular flexibility index (Phi) is 6.26. The molecule has 0 unspecified atom stereocenters. The Labute approximate surface area is 141 Å². The van der Waals surface area contributed by atoms with Crippen LogP contribution in [0.2, 0.25) is 0 Å². The molecule has 128 valence electrons. The number of amides is 2. The van der Waals surface area contributed by atoms with Crippen molar-refractivity contribution in [1.82, 2.24) is 15.6 Å². The van der Waals surface area contributed by atoms with Crippen LogP contribution in [0.5, 0.6) is 0 Å². The Hall–Kier alpha value is -2.47. The second-order valence-electron chi connectivity index (χ2n) is 6.08. The molecule has 1 heterocycles. The summed E-state index contributed by atoms with van der Waals surface area (Å²) in [7, 11) is 0. The van der Waals surface area contributed by atoms with Gasteiger partial charge < -0.3 is 16.4 Å². The summed E-state index contributed by atoms with van der Waals surface area (Å²) in [4.78, 5) is 27.9. The van der Waals surface area contributed by atoms with Crippen LogP contribution in [0.25, 0.3) is 10.9 Å². The monoisotopic (exact) mass is 328 g/mol. The van der Waals surface area contributed by atoms with E-state index in [1.165, 1.54) is 0 Å². The van der Waals surface area contributed by atoms with Gasteiger partial charge in [-0.05, 0) is 24.0 Å². The minimum Gasteiger partial charge on any atom is -0.354 e. The van der Waals surface area contributed by atoms with Crippen LogP contribution in [-0.2, 0) is 16.0 Å². The van der Waals surface area contributed by atoms with Gasteiger partial charge in [0.15, 0.2) is 0 Å². The van der Waals surface area contributed by atoms with E-state index in [2.05, 4.69) is 15.6 Å². The minimum atomic E-state index is -0.598. The van der Waals surface area contributed by atoms with Crippen molar-refractivity contribution >= 4 is 22.7 Å². The molecule has 2 amide bonds. The van der Waals surface area contributed by atoms with Crippen molar-refractivity contribution in [1.29, 1.82) is 0 Å². The third-order valence-electron chi connectivity index (χ3n) is 3.88. The quantitative estimate of drug-likeness (QED) is 0.706. The summed E-state index contributed by atoms with van der Waals surface area (Å²) in [5, 5.41) is 6.43. The Morgan fingerprint density at radius 1 is 1.17 bits per heavy atom. The normalized spacial score (nSPS) is 12.2. The number of nitrogens with one attached hydrogen (secondary N) is 2. The minimum absolute atomic E-state index is 0.0342. The van der Waals surface area contributed by atoms with Crippen molar-refractivity contribution in [3.63, 3.8) is 0 Å². The van der Waals surface area contributed by atoms with E-state index in [9.17, 15) is 9.59 Å². The second-order valence-corrected chi connectivity index (χ2v) is 6.08. The number of nitrogens with two attached hydrogens (primary N) is 1. The molecule has 0 spiro atoms. The molecule has 0 aliphatic rings. The van der Waals surface area contributed by atoms with Gasteiger partial charge in [-0.15, -0.1) is 0 Å². The summed E-state index contributed by atoms with van der Waals surface area (Å²) in [6, 6.07) is 9.31. The smallest absolute Gasteiger partial charge is 0.239 e. The number of nitrogens with zero attached hydrogens (tertiary/aromatic N) is 1. The Bertz CT molecular complexity index is 710. The summed E-state index contributed by atoms with van der Waals surface area (Å²) in [5.74, 6) is -0.502. The van der Waals surface area contributed by atoms with Gasteiger partial charge in [-0.2, -0.15) is 0 Å². The van der Waals surface area contributed by atoms with Crippen LogP contribution in [0.1, 0.15) is 19.4 Å². The van der Waals surface area contributed by atoms with Crippen LogP contribution in [0, 0.1) is 5.92 Å². The first kappa shape index (κ1) is 17.9. The van der Waals surface area contributed by atoms with E-state index >= 15 is 0 Å². The summed E-state index contributed by atoms with van der Waals surface area (Å²) in [5.41, 5.74) is 7.76. The van der Waals surface area contributed by atoms with Crippen LogP contribution in [0.3, 0.4) is 0 Å². The van der Waals surface area contributed by atoms with Crippen molar-refractivity contribution in [3.05, 3.63) is 42.1 Å². The third-order valence-corrected chi connectivity index (χ3v) is 3.88. The van der Waals surface area contributed by atoms with Gasteiger partial charge in [-0.25, -0.2) is 0 Å². The predicted octanol–water partition coefficient (Wildman–Crippen LogP) is 0.993. The number of benzene rings is 1. The molecule has 24 heavy (non-hydrogen) atoms. The van der Waals surface area contributed by atoms with Gasteiger partial charge >= 0.3 is 0 Å². The lowest BCUT2D eigenvalue weighted by Gasteiger charge is -2.15. The number of pyridine rings is 1. The highest BCUT2D eigenvalue weighted by Gasteiger charge is 2.17. The molecule has 1 atom stereocenters. The van der Waals surface area contributed by atoms with Crippen LogP contribution in [0.15, 0.2) is 36.5 Å². The van der Waals surface area contributed by atoms with Crippen LogP contribution in [-0.4, -0.2) is 35.9 Å². The van der Waals surface area contributed by atoms with Gasteiger partial charge in [0.2, 0.25) is 11.8 Å². The molecule has 1 aromatic heterocycles. The summed E-state index contributed by atoms with van der Waals surface area (Å²) in [6.07, 6.45) is 2.44. The Morgan fingerprint density at radius 3 is 2.67 bits per heavy atom. The molecule has 0 saturated carbocycles. The SMILES string of the molecule is CC(C)[C@H](N)C(=O)NCC(=O)NCCc1cccc2cccnc12. The fraction of sp³-hybridized carbons (Fsp3) is 0.389. The van der Waals surface area contributed by atoms with Crippen molar-refractivity contribution < 1.29 is 9.59 Å². The van der Waals surface area contributed by atoms with Gasteiger partial charge in [0.1, 0.15) is 0 Å². The van der Waals surface area contributed by atoms with Gasteiger partial charge in [-0.1, -0.05) is 38.1 Å². The molecular weight excluding hydrogens is 304 g/mol. The lowest BCUT2D eigenvalue weighted by molar-refractivity contribution is -0.127. The third kappa shape index (κ3) is 4.76. The average molecular weight is 328 g/mol. The molecule has 0 fully saturated rings. The van der Waals surface area contributed by atoms with E-state index < -0.39 is 6.04 Å². The predicted molar refractivity (Wildman–Crippen MR) is 94.3 cm³/mol. The van der Waals surface area contributed by atoms with E-state index in [-0.39, 0.29) is 24.3 Å². The van der Waals surface area contributed by atoms with E-state index in [0.717, 1.165) is 16.5 Å². The maximum absolute atomic E-state index is 11.8. The molecular formula is C18H24N4O2. The molecule has 2 aromatic rings. The largest absolute Gasteiger partial charge is 0.354 e. The van der Waals surface area contributed by atoms with Crippen LogP contribution >= 0.6 is 0 Å². The maximum atomic E-state index is 11.8. The number of fused-ring (bicyclic) bond motifs is 1. The zero-order valence-corrected chi connectivity index (χ0v) is 14.1. The molecule has 0 aliphatic carbocycles. The van der Waals surface area contributed by atoms with Crippen molar-refractivity contribution in [2.75, 3.05) is 13.1 Å². The number of para-hydroxylation sites is 1. The van der Waals surface area contributed by atoms with E-state index in [0.29, 0.717) is 13.0 Å². The summed E-state index contributed by atoms with van der Waals surface area (Å²) < 4.78 is 0. The van der Waals surface area contributed by atoms with Crippen molar-refractivity contribution in [2.24, 2.45) is 11.7 Å². The molecule has 6 heteroatoms. The first-order valence-electron chi connectivity index (χ1n) is 8.11. The zero-order valence-electron chi connectivity index (χ0n) is 14.1. The lowest BCUT2D eigenvalue weighted by atomic mass is 10.1. The number of rotatable bonds is 7. The molecule has 0 aliphatic heterocycles. The zero-order chi connectivity index (χ0) is 17.5. The van der Waals surface area contributed by atoms with Crippen LogP contribution < -0.4 is 16.4 Å². The fourth-order valence-electron chi connectivity index (χ4n) is 2.36. The van der Waals surface area contributed by atoms with Gasteiger partial charge in [0.05, 0.1) is 18.1 Å². The number of hydrogen-bond donors (Lipinski definition) is 3. The molecule has 0 saturated heterocycles. The van der Waals surface area contributed by atoms with E-state index in [4.69, 9.17) is 5.73 Å². The van der Waals surface area contributed by atoms with E-state index in [1.54, 1.807) is 6.20 Å². The van der Waals surface area contributed by atoms with E-state index in [1.807, 2.05) is 44.2 Å². The summed E-state index contributed by atoms with van der Waals surface area (Å²) >= 11 is 0. The number of carbonyl (C=O) groups excluding carboxylic acids is 2. The van der Waals surface area contributed by atoms with Crippen molar-refractivity contribution in [3.8, 4) is 0 Å². The molecule has 1 aromatic carbocycles. The maximum Gasteiger partial charge on any atom is 0.239 e. The highest BCUT2D eigenvalue weighted by atomic mass is 16.2. The highest BCUT2D eigenvalue weighted by Crippen LogP contribution is 2.15. The molecule has 0 bridgehead atoms. The molecule has 6 nitrogen and oxygen atoms in total. The van der Waals surface area contributed by atoms with Crippen molar-refractivity contribution in [2.45, 2.75) is 26.3 Å². The standard InChI is InChI=1S/C18H24N4O2/c1-12(2)16(19)18(24)22-11-15(23)20-10-8-14-6-3-5-13-7-4-9-21-17(13)14/h3-7,9,12,16H,8,10-11,19H2,1-2H3,(H,20,23)(H,22,24)/t16-/m0/s1. The Morgan fingerprint density at radius 2 is 1.92 bits per heavy atom. The molecule has 4 N–H and O–H groups in total. The topological polar surface area (TPSA) is 97.1 Å². The van der Waals surface area contributed by atoms with Gasteiger partial charge in [-0.3, -0.25) is 14.6 Å². The fourth-order valence-corrected chi connectivity index (χ4v) is 2.36. The number of carbonyl (C=O) groups is 2. The Balaban J connectivity index is 1.79. The summed E-state index contributed by atoms with van der Waals surface area (Å²) in [6.45, 7) is 4.15. The number of aromatic nitrogens is 1. The van der Waals surface area contributed by atoms with Crippen LogP contribution in [0.4, 0.5) is 0 Å². The lowest BCUT2D eigenvalue weighted by Crippen LogP contribution is -2.47. The first-order valence-corrected chi connectivity index (χ1v) is 8.11. The number of hydrogen-bond acceptors (Lipinski definition) is 4.